The van der Waals surface area contributed by atoms with Crippen LogP contribution < -0.4 is 15.4 Å². The van der Waals surface area contributed by atoms with Gasteiger partial charge in [-0.15, -0.1) is 0 Å². The van der Waals surface area contributed by atoms with Gasteiger partial charge in [0.05, 0.1) is 6.61 Å². The second-order valence-corrected chi connectivity index (χ2v) is 6.67. The van der Waals surface area contributed by atoms with Crippen LogP contribution >= 0.6 is 0 Å². The molecule has 0 saturated carbocycles. The summed E-state index contributed by atoms with van der Waals surface area (Å²) in [7, 11) is 0. The molecule has 3 amide bonds. The molecule has 6 heteroatoms. The number of carbonyl (C=O) groups excluding carboxylic acids is 2. The number of nitrogens with one attached hydrogen (secondary N) is 2. The summed E-state index contributed by atoms with van der Waals surface area (Å²) in [5, 5.41) is 5.16. The van der Waals surface area contributed by atoms with Crippen LogP contribution in [0.3, 0.4) is 0 Å². The summed E-state index contributed by atoms with van der Waals surface area (Å²) in [6.07, 6.45) is 2.29. The molecule has 1 atom stereocenters. The van der Waals surface area contributed by atoms with E-state index in [4.69, 9.17) is 4.74 Å². The third-order valence-corrected chi connectivity index (χ3v) is 5.42. The minimum Gasteiger partial charge on any atom is -0.493 e. The number of hydrogen-bond donors (Lipinski definition) is 2. The monoisotopic (exact) mass is 315 g/mol. The van der Waals surface area contributed by atoms with Crippen LogP contribution in [-0.2, 0) is 11.2 Å². The number of fused-ring (bicyclic) bond motifs is 1. The van der Waals surface area contributed by atoms with Gasteiger partial charge in [0.1, 0.15) is 11.3 Å². The van der Waals surface area contributed by atoms with Crippen LogP contribution in [0.15, 0.2) is 18.2 Å². The largest absolute Gasteiger partial charge is 0.493 e. The smallest absolute Gasteiger partial charge is 0.322 e. The summed E-state index contributed by atoms with van der Waals surface area (Å²) in [4.78, 5) is 25.8. The molecule has 2 N–H and O–H groups in total. The first-order valence-corrected chi connectivity index (χ1v) is 8.21. The number of benzene rings is 1. The number of ether oxygens (including phenoxy) is 1. The number of amides is 3. The lowest BCUT2D eigenvalue weighted by atomic mass is 9.86. The number of nitrogens with zero attached hydrogens (tertiary/aromatic N) is 1. The van der Waals surface area contributed by atoms with Crippen molar-refractivity contribution in [3.8, 4) is 5.75 Å². The van der Waals surface area contributed by atoms with Crippen molar-refractivity contribution in [3.63, 3.8) is 0 Å². The van der Waals surface area contributed by atoms with Gasteiger partial charge in [0.25, 0.3) is 5.91 Å². The molecule has 1 aromatic carbocycles. The normalized spacial score (nSPS) is 24.0. The highest BCUT2D eigenvalue weighted by Crippen LogP contribution is 2.34. The zero-order chi connectivity index (χ0) is 16.0. The molecule has 0 aliphatic carbocycles. The highest BCUT2D eigenvalue weighted by atomic mass is 16.5. The lowest BCUT2D eigenvalue weighted by Gasteiger charge is -2.40. The van der Waals surface area contributed by atoms with Crippen molar-refractivity contribution in [2.75, 3.05) is 19.7 Å². The number of urea groups is 1. The quantitative estimate of drug-likeness (QED) is 0.809. The van der Waals surface area contributed by atoms with Crippen molar-refractivity contribution in [3.05, 3.63) is 29.3 Å². The van der Waals surface area contributed by atoms with E-state index in [9.17, 15) is 9.59 Å². The van der Waals surface area contributed by atoms with Gasteiger partial charge in [0, 0.05) is 25.6 Å². The molecular formula is C17H21N3O3. The van der Waals surface area contributed by atoms with Crippen LogP contribution in [0.2, 0.25) is 0 Å². The Morgan fingerprint density at radius 3 is 2.74 bits per heavy atom. The van der Waals surface area contributed by atoms with E-state index in [-0.39, 0.29) is 18.0 Å². The van der Waals surface area contributed by atoms with Crippen molar-refractivity contribution < 1.29 is 14.3 Å². The molecule has 122 valence electrons. The molecule has 0 radical (unpaired) electrons. The second kappa shape index (κ2) is 5.23. The average molecular weight is 315 g/mol. The highest BCUT2D eigenvalue weighted by molar-refractivity contribution is 6.07. The number of carbonyl (C=O) groups is 2. The molecule has 3 heterocycles. The van der Waals surface area contributed by atoms with E-state index in [1.807, 2.05) is 0 Å². The van der Waals surface area contributed by atoms with Crippen molar-refractivity contribution in [2.45, 2.75) is 37.8 Å². The van der Waals surface area contributed by atoms with Crippen LogP contribution in [0.1, 0.15) is 36.9 Å². The van der Waals surface area contributed by atoms with Gasteiger partial charge in [-0.05, 0) is 37.0 Å². The third-order valence-electron chi connectivity index (χ3n) is 5.42. The van der Waals surface area contributed by atoms with Crippen molar-refractivity contribution in [2.24, 2.45) is 0 Å². The standard InChI is InChI=1S/C17H21N3O3/c1-11(13-3-2-12-4-9-23-14(12)10-13)20-7-5-17(6-8-20)15(21)18-16(22)19-17/h2-3,10-11H,4-9H2,1H3,(H2,18,19,21,22). The Kier molecular flexibility index (Phi) is 3.30. The van der Waals surface area contributed by atoms with Gasteiger partial charge in [-0.3, -0.25) is 15.0 Å². The zero-order valence-electron chi connectivity index (χ0n) is 13.2. The maximum absolute atomic E-state index is 12.0. The van der Waals surface area contributed by atoms with Crippen molar-refractivity contribution in [1.82, 2.24) is 15.5 Å². The van der Waals surface area contributed by atoms with Gasteiger partial charge in [-0.2, -0.15) is 0 Å². The third kappa shape index (κ3) is 2.37. The Morgan fingerprint density at radius 1 is 1.26 bits per heavy atom. The first-order chi connectivity index (χ1) is 11.1. The second-order valence-electron chi connectivity index (χ2n) is 6.67. The van der Waals surface area contributed by atoms with Crippen molar-refractivity contribution in [1.29, 1.82) is 0 Å². The Balaban J connectivity index is 1.46. The van der Waals surface area contributed by atoms with E-state index in [0.717, 1.165) is 31.9 Å². The van der Waals surface area contributed by atoms with Gasteiger partial charge in [0.15, 0.2) is 0 Å². The van der Waals surface area contributed by atoms with Crippen LogP contribution in [0.4, 0.5) is 4.79 Å². The molecule has 0 bridgehead atoms. The van der Waals surface area contributed by atoms with E-state index < -0.39 is 5.54 Å². The number of rotatable bonds is 2. The first kappa shape index (κ1) is 14.5. The van der Waals surface area contributed by atoms with Crippen LogP contribution in [0.25, 0.3) is 0 Å². The summed E-state index contributed by atoms with van der Waals surface area (Å²) < 4.78 is 5.66. The Bertz CT molecular complexity index is 665. The highest BCUT2D eigenvalue weighted by Gasteiger charge is 2.48. The lowest BCUT2D eigenvalue weighted by molar-refractivity contribution is -0.125. The topological polar surface area (TPSA) is 70.7 Å². The molecule has 4 rings (SSSR count). The maximum atomic E-state index is 12.0. The van der Waals surface area contributed by atoms with Gasteiger partial charge in [-0.1, -0.05) is 12.1 Å². The zero-order valence-corrected chi connectivity index (χ0v) is 13.2. The number of imide groups is 1. The molecule has 3 aliphatic heterocycles. The molecule has 0 aromatic heterocycles. The Labute approximate surface area is 135 Å². The molecule has 23 heavy (non-hydrogen) atoms. The fourth-order valence-corrected chi connectivity index (χ4v) is 3.83. The van der Waals surface area contributed by atoms with E-state index in [2.05, 4.69) is 40.7 Å². The number of likely N-dealkylation sites (tertiary alicyclic amines) is 1. The van der Waals surface area contributed by atoms with E-state index in [0.29, 0.717) is 12.8 Å². The van der Waals surface area contributed by atoms with E-state index >= 15 is 0 Å². The fourth-order valence-electron chi connectivity index (χ4n) is 3.83. The molecule has 3 aliphatic rings. The predicted octanol–water partition coefficient (Wildman–Crippen LogP) is 1.36. The van der Waals surface area contributed by atoms with E-state index in [1.54, 1.807) is 0 Å². The molecule has 1 unspecified atom stereocenters. The molecule has 6 nitrogen and oxygen atoms in total. The summed E-state index contributed by atoms with van der Waals surface area (Å²) in [5.41, 5.74) is 1.82. The molecule has 2 fully saturated rings. The maximum Gasteiger partial charge on any atom is 0.322 e. The van der Waals surface area contributed by atoms with Crippen molar-refractivity contribution >= 4 is 11.9 Å². The Hall–Kier alpha value is -2.08. The molecular weight excluding hydrogens is 294 g/mol. The summed E-state index contributed by atoms with van der Waals surface area (Å²) in [6.45, 7) is 4.52. The lowest BCUT2D eigenvalue weighted by Crippen LogP contribution is -2.55. The summed E-state index contributed by atoms with van der Waals surface area (Å²) >= 11 is 0. The summed E-state index contributed by atoms with van der Waals surface area (Å²) in [6, 6.07) is 6.37. The fraction of sp³-hybridized carbons (Fsp3) is 0.529. The SMILES string of the molecule is CC(c1ccc2c(c1)OCC2)N1CCC2(CC1)NC(=O)NC2=O. The Morgan fingerprint density at radius 2 is 2.04 bits per heavy atom. The number of hydrogen-bond acceptors (Lipinski definition) is 4. The van der Waals surface area contributed by atoms with E-state index in [1.165, 1.54) is 11.1 Å². The van der Waals surface area contributed by atoms with Gasteiger partial charge < -0.3 is 10.1 Å². The first-order valence-electron chi connectivity index (χ1n) is 8.21. The van der Waals surface area contributed by atoms with Gasteiger partial charge >= 0.3 is 6.03 Å². The van der Waals surface area contributed by atoms with Crippen LogP contribution in [-0.4, -0.2) is 42.1 Å². The molecule has 1 aromatic rings. The van der Waals surface area contributed by atoms with Gasteiger partial charge in [-0.25, -0.2) is 4.79 Å². The summed E-state index contributed by atoms with van der Waals surface area (Å²) in [5.74, 6) is 0.825. The average Bonchev–Trinajstić information content (AvgIpc) is 3.11. The predicted molar refractivity (Wildman–Crippen MR) is 84.3 cm³/mol. The number of piperidine rings is 1. The van der Waals surface area contributed by atoms with Crippen LogP contribution in [0.5, 0.6) is 5.75 Å². The minimum absolute atomic E-state index is 0.180. The van der Waals surface area contributed by atoms with Gasteiger partial charge in [0.2, 0.25) is 0 Å². The molecule has 1 spiro atoms. The van der Waals surface area contributed by atoms with Crippen LogP contribution in [0, 0.1) is 0 Å². The minimum atomic E-state index is -0.700. The molecule has 2 saturated heterocycles.